The van der Waals surface area contributed by atoms with Gasteiger partial charge in [-0.1, -0.05) is 29.8 Å². The van der Waals surface area contributed by atoms with Crippen molar-refractivity contribution in [3.8, 4) is 0 Å². The summed E-state index contributed by atoms with van der Waals surface area (Å²) in [6.45, 7) is 2.14. The van der Waals surface area contributed by atoms with Gasteiger partial charge in [0.25, 0.3) is 0 Å². The lowest BCUT2D eigenvalue weighted by molar-refractivity contribution is 0.465. The van der Waals surface area contributed by atoms with Gasteiger partial charge in [-0.3, -0.25) is 0 Å². The first kappa shape index (κ1) is 13.6. The average Bonchev–Trinajstić information content (AvgIpc) is 2.81. The SMILES string of the molecule is CC(NC1CCc2cc(F)ccc21)c1ccc(Cl)cc1. The zero-order chi connectivity index (χ0) is 14.1. The fraction of sp³-hybridized carbons (Fsp3) is 0.294. The van der Waals surface area contributed by atoms with Crippen molar-refractivity contribution >= 4 is 11.6 Å². The van der Waals surface area contributed by atoms with E-state index in [0.29, 0.717) is 6.04 Å². The maximum Gasteiger partial charge on any atom is 0.123 e. The molecule has 1 aliphatic rings. The Balaban J connectivity index is 1.75. The van der Waals surface area contributed by atoms with Crippen LogP contribution in [0.3, 0.4) is 0 Å². The maximum atomic E-state index is 13.2. The summed E-state index contributed by atoms with van der Waals surface area (Å²) in [5, 5.41) is 4.38. The molecule has 0 radical (unpaired) electrons. The van der Waals surface area contributed by atoms with Crippen molar-refractivity contribution in [1.29, 1.82) is 0 Å². The third-order valence-electron chi connectivity index (χ3n) is 4.00. The number of benzene rings is 2. The van der Waals surface area contributed by atoms with Crippen LogP contribution in [-0.2, 0) is 6.42 Å². The summed E-state index contributed by atoms with van der Waals surface area (Å²) in [4.78, 5) is 0. The molecule has 2 unspecified atom stereocenters. The molecule has 0 bridgehead atoms. The van der Waals surface area contributed by atoms with Crippen molar-refractivity contribution in [2.45, 2.75) is 31.8 Å². The molecule has 2 aromatic carbocycles. The lowest BCUT2D eigenvalue weighted by Gasteiger charge is -2.21. The Kier molecular flexibility index (Phi) is 3.77. The van der Waals surface area contributed by atoms with E-state index in [1.807, 2.05) is 30.3 Å². The molecule has 0 saturated heterocycles. The van der Waals surface area contributed by atoms with E-state index < -0.39 is 0 Å². The molecule has 2 aromatic rings. The van der Waals surface area contributed by atoms with E-state index in [1.54, 1.807) is 12.1 Å². The highest BCUT2D eigenvalue weighted by molar-refractivity contribution is 6.30. The Bertz CT molecular complexity index is 609. The van der Waals surface area contributed by atoms with Gasteiger partial charge in [0.15, 0.2) is 0 Å². The van der Waals surface area contributed by atoms with E-state index in [-0.39, 0.29) is 11.9 Å². The molecule has 1 N–H and O–H groups in total. The van der Waals surface area contributed by atoms with Gasteiger partial charge in [-0.25, -0.2) is 4.39 Å². The normalized spacial score (nSPS) is 18.9. The van der Waals surface area contributed by atoms with Gasteiger partial charge in [-0.05, 0) is 60.7 Å². The molecule has 0 spiro atoms. The van der Waals surface area contributed by atoms with Crippen LogP contribution in [0.4, 0.5) is 4.39 Å². The summed E-state index contributed by atoms with van der Waals surface area (Å²) in [6, 6.07) is 13.6. The van der Waals surface area contributed by atoms with Crippen LogP contribution in [0.25, 0.3) is 0 Å². The molecule has 20 heavy (non-hydrogen) atoms. The van der Waals surface area contributed by atoms with Gasteiger partial charge in [0.1, 0.15) is 5.82 Å². The number of aryl methyl sites for hydroxylation is 1. The minimum atomic E-state index is -0.143. The highest BCUT2D eigenvalue weighted by Crippen LogP contribution is 2.33. The van der Waals surface area contributed by atoms with Crippen LogP contribution in [0.5, 0.6) is 0 Å². The van der Waals surface area contributed by atoms with Crippen LogP contribution in [0.15, 0.2) is 42.5 Å². The van der Waals surface area contributed by atoms with E-state index in [1.165, 1.54) is 11.1 Å². The topological polar surface area (TPSA) is 12.0 Å². The number of halogens is 2. The van der Waals surface area contributed by atoms with Crippen LogP contribution in [0.1, 0.15) is 42.1 Å². The van der Waals surface area contributed by atoms with Crippen LogP contribution in [-0.4, -0.2) is 0 Å². The highest BCUT2D eigenvalue weighted by Gasteiger charge is 2.24. The van der Waals surface area contributed by atoms with Crippen molar-refractivity contribution in [2.75, 3.05) is 0 Å². The average molecular weight is 290 g/mol. The maximum absolute atomic E-state index is 13.2. The second kappa shape index (κ2) is 5.55. The van der Waals surface area contributed by atoms with Gasteiger partial charge >= 0.3 is 0 Å². The number of fused-ring (bicyclic) bond motifs is 1. The molecule has 0 fully saturated rings. The van der Waals surface area contributed by atoms with Gasteiger partial charge in [-0.2, -0.15) is 0 Å². The number of hydrogen-bond acceptors (Lipinski definition) is 1. The third kappa shape index (κ3) is 2.72. The molecule has 104 valence electrons. The molecule has 2 atom stereocenters. The van der Waals surface area contributed by atoms with Crippen molar-refractivity contribution in [2.24, 2.45) is 0 Å². The largest absolute Gasteiger partial charge is 0.303 e. The van der Waals surface area contributed by atoms with Crippen molar-refractivity contribution < 1.29 is 4.39 Å². The first-order valence-electron chi connectivity index (χ1n) is 6.93. The number of hydrogen-bond donors (Lipinski definition) is 1. The van der Waals surface area contributed by atoms with E-state index in [2.05, 4.69) is 12.2 Å². The second-order valence-electron chi connectivity index (χ2n) is 5.37. The van der Waals surface area contributed by atoms with Crippen molar-refractivity contribution in [3.63, 3.8) is 0 Å². The summed E-state index contributed by atoms with van der Waals surface area (Å²) in [6.07, 6.45) is 1.97. The van der Waals surface area contributed by atoms with Gasteiger partial charge in [0.2, 0.25) is 0 Å². The highest BCUT2D eigenvalue weighted by atomic mass is 35.5. The predicted molar refractivity (Wildman–Crippen MR) is 80.5 cm³/mol. The summed E-state index contributed by atoms with van der Waals surface area (Å²) in [5.41, 5.74) is 3.57. The quantitative estimate of drug-likeness (QED) is 0.854. The second-order valence-corrected chi connectivity index (χ2v) is 5.81. The number of rotatable bonds is 3. The zero-order valence-electron chi connectivity index (χ0n) is 11.4. The molecule has 1 nitrogen and oxygen atoms in total. The Morgan fingerprint density at radius 1 is 1.20 bits per heavy atom. The summed E-state index contributed by atoms with van der Waals surface area (Å²) in [5.74, 6) is -0.143. The van der Waals surface area contributed by atoms with E-state index >= 15 is 0 Å². The molecule has 0 aliphatic heterocycles. The fourth-order valence-corrected chi connectivity index (χ4v) is 3.03. The van der Waals surface area contributed by atoms with Crippen molar-refractivity contribution in [1.82, 2.24) is 5.32 Å². The summed E-state index contributed by atoms with van der Waals surface area (Å²) < 4.78 is 13.2. The smallest absolute Gasteiger partial charge is 0.123 e. The Morgan fingerprint density at radius 2 is 1.95 bits per heavy atom. The lowest BCUT2D eigenvalue weighted by Crippen LogP contribution is -2.22. The molecule has 3 heteroatoms. The van der Waals surface area contributed by atoms with Crippen LogP contribution >= 0.6 is 11.6 Å². The zero-order valence-corrected chi connectivity index (χ0v) is 12.1. The molecular formula is C17H17ClFN. The first-order valence-corrected chi connectivity index (χ1v) is 7.31. The summed E-state index contributed by atoms with van der Waals surface area (Å²) >= 11 is 5.91. The summed E-state index contributed by atoms with van der Waals surface area (Å²) in [7, 11) is 0. The molecule has 1 aliphatic carbocycles. The Hall–Kier alpha value is -1.38. The van der Waals surface area contributed by atoms with Gasteiger partial charge in [-0.15, -0.1) is 0 Å². The minimum Gasteiger partial charge on any atom is -0.303 e. The van der Waals surface area contributed by atoms with Crippen LogP contribution in [0.2, 0.25) is 5.02 Å². The number of nitrogens with one attached hydrogen (secondary N) is 1. The van der Waals surface area contributed by atoms with Gasteiger partial charge < -0.3 is 5.32 Å². The lowest BCUT2D eigenvalue weighted by atomic mass is 10.0. The Morgan fingerprint density at radius 3 is 2.70 bits per heavy atom. The standard InChI is InChI=1S/C17H17ClFN/c1-11(12-2-5-14(18)6-3-12)20-17-9-4-13-10-15(19)7-8-16(13)17/h2-3,5-8,10-11,17,20H,4,9H2,1H3. The minimum absolute atomic E-state index is 0.143. The first-order chi connectivity index (χ1) is 9.63. The predicted octanol–water partition coefficient (Wildman–Crippen LogP) is 4.82. The van der Waals surface area contributed by atoms with Crippen LogP contribution < -0.4 is 5.32 Å². The third-order valence-corrected chi connectivity index (χ3v) is 4.26. The molecule has 0 aromatic heterocycles. The molecule has 0 saturated carbocycles. The van der Waals surface area contributed by atoms with E-state index in [0.717, 1.165) is 23.4 Å². The van der Waals surface area contributed by atoms with Crippen LogP contribution in [0, 0.1) is 5.82 Å². The molecule has 3 rings (SSSR count). The Labute approximate surface area is 123 Å². The van der Waals surface area contributed by atoms with E-state index in [4.69, 9.17) is 11.6 Å². The van der Waals surface area contributed by atoms with Crippen molar-refractivity contribution in [3.05, 3.63) is 70.0 Å². The molecule has 0 heterocycles. The van der Waals surface area contributed by atoms with Gasteiger partial charge in [0.05, 0.1) is 0 Å². The monoisotopic (exact) mass is 289 g/mol. The van der Waals surface area contributed by atoms with E-state index in [9.17, 15) is 4.39 Å². The molecule has 0 amide bonds. The fourth-order valence-electron chi connectivity index (χ4n) is 2.91. The van der Waals surface area contributed by atoms with Gasteiger partial charge in [0, 0.05) is 17.1 Å². The molecular weight excluding hydrogens is 273 g/mol.